The number of rotatable bonds is 6. The molecule has 1 N–H and O–H groups in total. The van der Waals surface area contributed by atoms with Gasteiger partial charge < -0.3 is 10.2 Å². The van der Waals surface area contributed by atoms with E-state index in [9.17, 15) is 4.79 Å². The summed E-state index contributed by atoms with van der Waals surface area (Å²) in [4.78, 5) is 15.9. The standard InChI is InChI=1S/C13H27N3O/c1-4-14-10-12-6-8-16(9-7-12)11-13(17)15(3)5-2/h12,14H,4-11H2,1-3H3. The molecule has 0 aliphatic carbocycles. The van der Waals surface area contributed by atoms with E-state index < -0.39 is 0 Å². The maximum Gasteiger partial charge on any atom is 0.236 e. The molecule has 1 aliphatic rings. The second-order valence-electron chi connectivity index (χ2n) is 4.94. The van der Waals surface area contributed by atoms with E-state index >= 15 is 0 Å². The van der Waals surface area contributed by atoms with Gasteiger partial charge in [-0.1, -0.05) is 6.92 Å². The van der Waals surface area contributed by atoms with Gasteiger partial charge in [0.05, 0.1) is 6.54 Å². The molecule has 0 radical (unpaired) electrons. The summed E-state index contributed by atoms with van der Waals surface area (Å²) in [5.41, 5.74) is 0. The fourth-order valence-corrected chi connectivity index (χ4v) is 2.19. The van der Waals surface area contributed by atoms with Crippen molar-refractivity contribution < 1.29 is 4.79 Å². The lowest BCUT2D eigenvalue weighted by Gasteiger charge is -2.32. The third-order valence-corrected chi connectivity index (χ3v) is 3.65. The van der Waals surface area contributed by atoms with Gasteiger partial charge in [-0.05, 0) is 51.9 Å². The van der Waals surface area contributed by atoms with Gasteiger partial charge in [-0.25, -0.2) is 0 Å². The number of carbonyl (C=O) groups is 1. The molecule has 1 amide bonds. The summed E-state index contributed by atoms with van der Waals surface area (Å²) in [6.45, 7) is 9.88. The molecule has 0 aromatic heterocycles. The van der Waals surface area contributed by atoms with Gasteiger partial charge in [-0.2, -0.15) is 0 Å². The van der Waals surface area contributed by atoms with Crippen molar-refractivity contribution in [3.63, 3.8) is 0 Å². The lowest BCUT2D eigenvalue weighted by molar-refractivity contribution is -0.131. The Kier molecular flexibility index (Phi) is 6.52. The summed E-state index contributed by atoms with van der Waals surface area (Å²) >= 11 is 0. The van der Waals surface area contributed by atoms with Crippen molar-refractivity contribution in [2.75, 3.05) is 46.3 Å². The summed E-state index contributed by atoms with van der Waals surface area (Å²) in [5.74, 6) is 1.04. The van der Waals surface area contributed by atoms with E-state index in [0.717, 1.165) is 38.6 Å². The topological polar surface area (TPSA) is 35.6 Å². The van der Waals surface area contributed by atoms with Crippen LogP contribution in [0.15, 0.2) is 0 Å². The van der Waals surface area contributed by atoms with Gasteiger partial charge in [-0.15, -0.1) is 0 Å². The van der Waals surface area contributed by atoms with Crippen molar-refractivity contribution in [1.29, 1.82) is 0 Å². The van der Waals surface area contributed by atoms with E-state index in [-0.39, 0.29) is 5.91 Å². The van der Waals surface area contributed by atoms with Crippen molar-refractivity contribution in [2.45, 2.75) is 26.7 Å². The summed E-state index contributed by atoms with van der Waals surface area (Å²) < 4.78 is 0. The molecule has 0 saturated carbocycles. The molecule has 0 unspecified atom stereocenters. The maximum absolute atomic E-state index is 11.8. The number of nitrogens with zero attached hydrogens (tertiary/aromatic N) is 2. The van der Waals surface area contributed by atoms with Gasteiger partial charge in [0, 0.05) is 13.6 Å². The number of amides is 1. The first-order valence-electron chi connectivity index (χ1n) is 6.84. The SMILES string of the molecule is CCNCC1CCN(CC(=O)N(C)CC)CC1. The Morgan fingerprint density at radius 1 is 1.35 bits per heavy atom. The maximum atomic E-state index is 11.8. The first kappa shape index (κ1) is 14.5. The number of hydrogen-bond acceptors (Lipinski definition) is 3. The van der Waals surface area contributed by atoms with Crippen LogP contribution in [0.3, 0.4) is 0 Å². The van der Waals surface area contributed by atoms with Gasteiger partial charge >= 0.3 is 0 Å². The first-order chi connectivity index (χ1) is 8.17. The largest absolute Gasteiger partial charge is 0.345 e. The van der Waals surface area contributed by atoms with Crippen molar-refractivity contribution in [3.8, 4) is 0 Å². The number of likely N-dealkylation sites (tertiary alicyclic amines) is 1. The van der Waals surface area contributed by atoms with Crippen molar-refractivity contribution in [3.05, 3.63) is 0 Å². The highest BCUT2D eigenvalue weighted by Crippen LogP contribution is 2.16. The van der Waals surface area contributed by atoms with Crippen molar-refractivity contribution in [2.24, 2.45) is 5.92 Å². The fraction of sp³-hybridized carbons (Fsp3) is 0.923. The van der Waals surface area contributed by atoms with Gasteiger partial charge in [0.1, 0.15) is 0 Å². The van der Waals surface area contributed by atoms with E-state index in [0.29, 0.717) is 6.54 Å². The molecule has 1 aliphatic heterocycles. The van der Waals surface area contributed by atoms with Crippen LogP contribution in [0, 0.1) is 5.92 Å². The zero-order chi connectivity index (χ0) is 12.7. The van der Waals surface area contributed by atoms with Crippen molar-refractivity contribution >= 4 is 5.91 Å². The Labute approximate surface area is 105 Å². The molecule has 100 valence electrons. The van der Waals surface area contributed by atoms with Crippen LogP contribution in [0.4, 0.5) is 0 Å². The van der Waals surface area contributed by atoms with Crippen LogP contribution < -0.4 is 5.32 Å². The summed E-state index contributed by atoms with van der Waals surface area (Å²) in [7, 11) is 1.88. The minimum Gasteiger partial charge on any atom is -0.345 e. The van der Waals surface area contributed by atoms with Crippen LogP contribution in [0.2, 0.25) is 0 Å². The highest BCUT2D eigenvalue weighted by Gasteiger charge is 2.21. The lowest BCUT2D eigenvalue weighted by atomic mass is 9.97. The van der Waals surface area contributed by atoms with Crippen LogP contribution in [0.25, 0.3) is 0 Å². The van der Waals surface area contributed by atoms with E-state index in [1.165, 1.54) is 12.8 Å². The average molecular weight is 241 g/mol. The van der Waals surface area contributed by atoms with E-state index in [1.807, 2.05) is 14.0 Å². The number of piperidine rings is 1. The minimum absolute atomic E-state index is 0.248. The van der Waals surface area contributed by atoms with Gasteiger partial charge in [0.2, 0.25) is 5.91 Å². The Morgan fingerprint density at radius 3 is 2.53 bits per heavy atom. The third-order valence-electron chi connectivity index (χ3n) is 3.65. The van der Waals surface area contributed by atoms with Gasteiger partial charge in [0.15, 0.2) is 0 Å². The second kappa shape index (κ2) is 7.67. The molecule has 0 spiro atoms. The highest BCUT2D eigenvalue weighted by molar-refractivity contribution is 5.77. The normalized spacial score (nSPS) is 18.3. The number of carbonyl (C=O) groups excluding carboxylic acids is 1. The van der Waals surface area contributed by atoms with Crippen LogP contribution in [0.5, 0.6) is 0 Å². The molecule has 0 bridgehead atoms. The number of hydrogen-bond donors (Lipinski definition) is 1. The molecule has 17 heavy (non-hydrogen) atoms. The molecule has 1 saturated heterocycles. The van der Waals surface area contributed by atoms with E-state index in [2.05, 4.69) is 17.1 Å². The Balaban J connectivity index is 2.20. The molecular weight excluding hydrogens is 214 g/mol. The van der Waals surface area contributed by atoms with Crippen LogP contribution >= 0.6 is 0 Å². The molecular formula is C13H27N3O. The molecule has 1 fully saturated rings. The lowest BCUT2D eigenvalue weighted by Crippen LogP contribution is -2.43. The van der Waals surface area contributed by atoms with E-state index in [1.54, 1.807) is 4.90 Å². The number of nitrogens with one attached hydrogen (secondary N) is 1. The monoisotopic (exact) mass is 241 g/mol. The van der Waals surface area contributed by atoms with Gasteiger partial charge in [0.25, 0.3) is 0 Å². The molecule has 0 aromatic rings. The van der Waals surface area contributed by atoms with Crippen LogP contribution in [-0.4, -0.2) is 62.0 Å². The first-order valence-corrected chi connectivity index (χ1v) is 6.84. The summed E-state index contributed by atoms with van der Waals surface area (Å²) in [5, 5.41) is 3.41. The molecule has 1 rings (SSSR count). The minimum atomic E-state index is 0.248. The smallest absolute Gasteiger partial charge is 0.236 e. The summed E-state index contributed by atoms with van der Waals surface area (Å²) in [6.07, 6.45) is 2.44. The predicted molar refractivity (Wildman–Crippen MR) is 71.0 cm³/mol. The number of likely N-dealkylation sites (N-methyl/N-ethyl adjacent to an activating group) is 1. The fourth-order valence-electron chi connectivity index (χ4n) is 2.19. The predicted octanol–water partition coefficient (Wildman–Crippen LogP) is 0.786. The Bertz CT molecular complexity index is 225. The second-order valence-corrected chi connectivity index (χ2v) is 4.94. The van der Waals surface area contributed by atoms with Crippen molar-refractivity contribution in [1.82, 2.24) is 15.1 Å². The molecule has 0 atom stereocenters. The quantitative estimate of drug-likeness (QED) is 0.747. The third kappa shape index (κ3) is 5.04. The summed E-state index contributed by atoms with van der Waals surface area (Å²) in [6, 6.07) is 0. The van der Waals surface area contributed by atoms with Crippen LogP contribution in [0.1, 0.15) is 26.7 Å². The molecule has 1 heterocycles. The van der Waals surface area contributed by atoms with Crippen LogP contribution in [-0.2, 0) is 4.79 Å². The Hall–Kier alpha value is -0.610. The molecule has 0 aromatic carbocycles. The zero-order valence-corrected chi connectivity index (χ0v) is 11.5. The molecule has 4 heteroatoms. The zero-order valence-electron chi connectivity index (χ0n) is 11.5. The van der Waals surface area contributed by atoms with Gasteiger partial charge in [-0.3, -0.25) is 9.69 Å². The highest BCUT2D eigenvalue weighted by atomic mass is 16.2. The molecule has 4 nitrogen and oxygen atoms in total. The van der Waals surface area contributed by atoms with E-state index in [4.69, 9.17) is 0 Å². The Morgan fingerprint density at radius 2 is 2.00 bits per heavy atom. The average Bonchev–Trinajstić information content (AvgIpc) is 2.37.